The van der Waals surface area contributed by atoms with Crippen LogP contribution in [-0.2, 0) is 20.8 Å². The van der Waals surface area contributed by atoms with Crippen LogP contribution in [0.4, 0.5) is 5.69 Å². The highest BCUT2D eigenvalue weighted by Gasteiger charge is 2.24. The lowest BCUT2D eigenvalue weighted by molar-refractivity contribution is -0.125. The van der Waals surface area contributed by atoms with E-state index in [1.807, 2.05) is 62.4 Å². The Morgan fingerprint density at radius 1 is 1.13 bits per heavy atom. The topological polar surface area (TPSA) is 75.7 Å². The van der Waals surface area contributed by atoms with E-state index in [0.717, 1.165) is 23.0 Å². The van der Waals surface area contributed by atoms with Crippen molar-refractivity contribution in [2.45, 2.75) is 20.3 Å². The van der Waals surface area contributed by atoms with Crippen LogP contribution in [0.25, 0.3) is 0 Å². The number of carbonyl (C=O) groups excluding carboxylic acids is 3. The van der Waals surface area contributed by atoms with Gasteiger partial charge in [-0.2, -0.15) is 0 Å². The van der Waals surface area contributed by atoms with E-state index >= 15 is 0 Å². The number of nitrogens with zero attached hydrogens (tertiary/aromatic N) is 1. The standard InChI is InChI=1S/C23H26N2O4S/c1-16-7-9-18(10-8-16)13-17(2)23(28)24-14-22(27)30-15-21(26)25-11-12-29-20-6-4-3-5-19(20)25/h3-10,17H,11-15H2,1-2H3,(H,24,28)/t17-/m0/s1. The van der Waals surface area contributed by atoms with Crippen LogP contribution in [0.3, 0.4) is 0 Å². The molecule has 1 heterocycles. The van der Waals surface area contributed by atoms with Gasteiger partial charge in [0.2, 0.25) is 16.9 Å². The number of anilines is 1. The Balaban J connectivity index is 1.42. The van der Waals surface area contributed by atoms with E-state index < -0.39 is 0 Å². The highest BCUT2D eigenvalue weighted by atomic mass is 32.2. The zero-order valence-electron chi connectivity index (χ0n) is 17.2. The molecule has 3 rings (SSSR count). The zero-order valence-corrected chi connectivity index (χ0v) is 18.0. The summed E-state index contributed by atoms with van der Waals surface area (Å²) >= 11 is 0.926. The van der Waals surface area contributed by atoms with Gasteiger partial charge in [-0.25, -0.2) is 0 Å². The second-order valence-corrected chi connectivity index (χ2v) is 8.36. The van der Waals surface area contributed by atoms with Crippen LogP contribution in [0.5, 0.6) is 5.75 Å². The fourth-order valence-electron chi connectivity index (χ4n) is 3.20. The second kappa shape index (κ2) is 10.3. The molecule has 7 heteroatoms. The maximum absolute atomic E-state index is 12.5. The van der Waals surface area contributed by atoms with Crippen molar-refractivity contribution >= 4 is 34.4 Å². The summed E-state index contributed by atoms with van der Waals surface area (Å²) in [6, 6.07) is 15.4. The molecule has 1 aliphatic rings. The first-order valence-corrected chi connectivity index (χ1v) is 10.9. The molecule has 0 aromatic heterocycles. The number of hydrogen-bond acceptors (Lipinski definition) is 5. The third-order valence-corrected chi connectivity index (χ3v) is 5.76. The highest BCUT2D eigenvalue weighted by molar-refractivity contribution is 8.14. The fourth-order valence-corrected chi connectivity index (χ4v) is 3.82. The summed E-state index contributed by atoms with van der Waals surface area (Å²) in [6.45, 7) is 4.65. The second-order valence-electron chi connectivity index (χ2n) is 7.33. The maximum atomic E-state index is 12.5. The van der Waals surface area contributed by atoms with Crippen molar-refractivity contribution in [3.8, 4) is 5.75 Å². The van der Waals surface area contributed by atoms with E-state index in [1.54, 1.807) is 4.90 Å². The van der Waals surface area contributed by atoms with Gasteiger partial charge < -0.3 is 15.0 Å². The van der Waals surface area contributed by atoms with Gasteiger partial charge in [-0.15, -0.1) is 0 Å². The molecule has 2 aromatic carbocycles. The maximum Gasteiger partial charge on any atom is 0.237 e. The van der Waals surface area contributed by atoms with Gasteiger partial charge in [0.25, 0.3) is 0 Å². The van der Waals surface area contributed by atoms with Crippen molar-refractivity contribution < 1.29 is 19.1 Å². The largest absolute Gasteiger partial charge is 0.490 e. The summed E-state index contributed by atoms with van der Waals surface area (Å²) in [5.74, 6) is 0.142. The monoisotopic (exact) mass is 426 g/mol. The SMILES string of the molecule is Cc1ccc(C[C@H](C)C(=O)NCC(=O)SCC(=O)N2CCOc3ccccc32)cc1. The minimum absolute atomic E-state index is 0.0297. The number of amides is 2. The van der Waals surface area contributed by atoms with Gasteiger partial charge >= 0.3 is 0 Å². The number of nitrogens with one attached hydrogen (secondary N) is 1. The van der Waals surface area contributed by atoms with Gasteiger partial charge in [-0.3, -0.25) is 14.4 Å². The van der Waals surface area contributed by atoms with Crippen LogP contribution in [0, 0.1) is 12.8 Å². The third-order valence-electron chi connectivity index (χ3n) is 4.90. The van der Waals surface area contributed by atoms with Crippen molar-refractivity contribution in [1.82, 2.24) is 5.32 Å². The molecule has 6 nitrogen and oxygen atoms in total. The number of carbonyl (C=O) groups is 3. The number of rotatable bonds is 7. The minimum Gasteiger partial charge on any atom is -0.490 e. The number of fused-ring (bicyclic) bond motifs is 1. The Hall–Kier alpha value is -2.80. The summed E-state index contributed by atoms with van der Waals surface area (Å²) in [4.78, 5) is 38.6. The van der Waals surface area contributed by atoms with Gasteiger partial charge in [0.05, 0.1) is 24.5 Å². The first-order valence-electron chi connectivity index (χ1n) is 9.95. The Morgan fingerprint density at radius 3 is 2.63 bits per heavy atom. The molecular weight excluding hydrogens is 400 g/mol. The fraction of sp³-hybridized carbons (Fsp3) is 0.348. The molecule has 0 fully saturated rings. The number of aryl methyl sites for hydroxylation is 1. The quantitative estimate of drug-likeness (QED) is 0.737. The highest BCUT2D eigenvalue weighted by Crippen LogP contribution is 2.31. The van der Waals surface area contributed by atoms with Crippen LogP contribution in [0.15, 0.2) is 48.5 Å². The minimum atomic E-state index is -0.239. The molecule has 0 saturated heterocycles. The van der Waals surface area contributed by atoms with E-state index in [0.29, 0.717) is 25.3 Å². The molecule has 0 spiro atoms. The Kier molecular flexibility index (Phi) is 7.52. The molecule has 0 saturated carbocycles. The van der Waals surface area contributed by atoms with Gasteiger partial charge in [-0.05, 0) is 31.0 Å². The summed E-state index contributed by atoms with van der Waals surface area (Å²) in [5.41, 5.74) is 2.98. The molecular formula is C23H26N2O4S. The van der Waals surface area contributed by atoms with Gasteiger partial charge in [0, 0.05) is 5.92 Å². The van der Waals surface area contributed by atoms with Gasteiger partial charge in [-0.1, -0.05) is 60.6 Å². The summed E-state index contributed by atoms with van der Waals surface area (Å²) in [6.07, 6.45) is 0.613. The first kappa shape index (κ1) is 21.9. The third kappa shape index (κ3) is 5.86. The molecule has 2 amide bonds. The smallest absolute Gasteiger partial charge is 0.237 e. The van der Waals surface area contributed by atoms with Crippen molar-refractivity contribution in [3.63, 3.8) is 0 Å². The summed E-state index contributed by atoms with van der Waals surface area (Å²) < 4.78 is 5.55. The van der Waals surface area contributed by atoms with Crippen LogP contribution in [0.1, 0.15) is 18.1 Å². The van der Waals surface area contributed by atoms with Crippen molar-refractivity contribution in [2.75, 3.05) is 30.3 Å². The van der Waals surface area contributed by atoms with Crippen LogP contribution in [-0.4, -0.2) is 42.4 Å². The Bertz CT molecular complexity index is 914. The predicted octanol–water partition coefficient (Wildman–Crippen LogP) is 2.98. The van der Waals surface area contributed by atoms with Crippen LogP contribution >= 0.6 is 11.8 Å². The average molecular weight is 427 g/mol. The predicted molar refractivity (Wildman–Crippen MR) is 119 cm³/mol. The van der Waals surface area contributed by atoms with Crippen LogP contribution < -0.4 is 15.0 Å². The Morgan fingerprint density at radius 2 is 1.87 bits per heavy atom. The number of benzene rings is 2. The molecule has 30 heavy (non-hydrogen) atoms. The van der Waals surface area contributed by atoms with E-state index in [4.69, 9.17) is 4.74 Å². The lowest BCUT2D eigenvalue weighted by atomic mass is 9.99. The number of hydrogen-bond donors (Lipinski definition) is 1. The van der Waals surface area contributed by atoms with Gasteiger partial charge in [0.15, 0.2) is 0 Å². The van der Waals surface area contributed by atoms with E-state index in [9.17, 15) is 14.4 Å². The molecule has 1 atom stereocenters. The molecule has 0 bridgehead atoms. The van der Waals surface area contributed by atoms with E-state index in [1.165, 1.54) is 5.56 Å². The average Bonchev–Trinajstić information content (AvgIpc) is 2.76. The molecule has 1 aliphatic heterocycles. The Labute approximate surface area is 181 Å². The number of thioether (sulfide) groups is 1. The number of para-hydroxylation sites is 2. The van der Waals surface area contributed by atoms with E-state index in [2.05, 4.69) is 5.32 Å². The molecule has 158 valence electrons. The number of ether oxygens (including phenoxy) is 1. The molecule has 0 radical (unpaired) electrons. The van der Waals surface area contributed by atoms with E-state index in [-0.39, 0.29) is 35.1 Å². The van der Waals surface area contributed by atoms with Gasteiger partial charge in [0.1, 0.15) is 12.4 Å². The first-order chi connectivity index (χ1) is 14.4. The van der Waals surface area contributed by atoms with Crippen LogP contribution in [0.2, 0.25) is 0 Å². The molecule has 2 aromatic rings. The lowest BCUT2D eigenvalue weighted by Crippen LogP contribution is -2.39. The van der Waals surface area contributed by atoms with Crippen molar-refractivity contribution in [3.05, 3.63) is 59.7 Å². The molecule has 1 N–H and O–H groups in total. The van der Waals surface area contributed by atoms with Crippen molar-refractivity contribution in [1.29, 1.82) is 0 Å². The molecule has 0 unspecified atom stereocenters. The molecule has 0 aliphatic carbocycles. The summed E-state index contributed by atoms with van der Waals surface area (Å²) in [5, 5.41) is 2.44. The lowest BCUT2D eigenvalue weighted by Gasteiger charge is -2.29. The van der Waals surface area contributed by atoms with Crippen molar-refractivity contribution in [2.24, 2.45) is 5.92 Å². The zero-order chi connectivity index (χ0) is 21.5. The summed E-state index contributed by atoms with van der Waals surface area (Å²) in [7, 11) is 0. The normalized spacial score (nSPS) is 13.7.